The van der Waals surface area contributed by atoms with Crippen molar-refractivity contribution in [2.24, 2.45) is 0 Å². The van der Waals surface area contributed by atoms with Crippen molar-refractivity contribution in [2.75, 3.05) is 0 Å². The first-order chi connectivity index (χ1) is 5.33. The van der Waals surface area contributed by atoms with Gasteiger partial charge in [-0.25, -0.2) is 0 Å². The Kier molecular flexibility index (Phi) is 3.35. The molecule has 2 nitrogen and oxygen atoms in total. The molecule has 0 heterocycles. The minimum atomic E-state index is 0.556. The van der Waals surface area contributed by atoms with Gasteiger partial charge in [0.05, 0.1) is 0 Å². The van der Waals surface area contributed by atoms with Gasteiger partial charge in [0, 0.05) is 10.1 Å². The number of benzene rings is 1. The van der Waals surface area contributed by atoms with Crippen LogP contribution in [0.3, 0.4) is 0 Å². The first-order valence-electron chi connectivity index (χ1n) is 3.17. The first-order valence-corrected chi connectivity index (χ1v) is 4.25. The van der Waals surface area contributed by atoms with Gasteiger partial charge in [-0.3, -0.25) is 4.79 Å². The summed E-state index contributed by atoms with van der Waals surface area (Å²) in [6.07, 6.45) is 1.63. The molecule has 0 saturated carbocycles. The third-order valence-electron chi connectivity index (χ3n) is 1.28. The van der Waals surface area contributed by atoms with Crippen LogP contribution in [0.25, 0.3) is 0 Å². The van der Waals surface area contributed by atoms with Crippen molar-refractivity contribution in [3.8, 4) is 0 Å². The fourth-order valence-corrected chi connectivity index (χ4v) is 1.10. The van der Waals surface area contributed by atoms with Crippen LogP contribution in [0.4, 0.5) is 0 Å². The lowest BCUT2D eigenvalue weighted by atomic mass is 10.2. The van der Waals surface area contributed by atoms with Gasteiger partial charge in [0.15, 0.2) is 0 Å². The average Bonchev–Trinajstić information content (AvgIpc) is 2.04. The van der Waals surface area contributed by atoms with Crippen LogP contribution in [-0.2, 0) is 11.3 Å². The number of nitrogens with one attached hydrogen (secondary N) is 1. The van der Waals surface area contributed by atoms with Crippen molar-refractivity contribution >= 4 is 29.0 Å². The van der Waals surface area contributed by atoms with E-state index in [0.29, 0.717) is 6.54 Å². The normalized spacial score (nSPS) is 9.18. The van der Waals surface area contributed by atoms with Crippen LogP contribution in [0.5, 0.6) is 0 Å². The molecule has 1 aromatic carbocycles. The number of carbonyl (C=O) groups excluding carboxylic acids is 1. The Bertz CT molecular complexity index is 232. The van der Waals surface area contributed by atoms with E-state index in [-0.39, 0.29) is 0 Å². The SMILES string of the molecule is O=[C]NCc1ccc(I)cc1. The topological polar surface area (TPSA) is 29.1 Å². The maximum atomic E-state index is 9.81. The maximum absolute atomic E-state index is 9.81. The van der Waals surface area contributed by atoms with Gasteiger partial charge in [-0.05, 0) is 40.3 Å². The van der Waals surface area contributed by atoms with Gasteiger partial charge >= 0.3 is 6.41 Å². The molecule has 1 rings (SSSR count). The van der Waals surface area contributed by atoms with Crippen LogP contribution >= 0.6 is 22.6 Å². The summed E-state index contributed by atoms with van der Waals surface area (Å²) in [5, 5.41) is 2.48. The highest BCUT2D eigenvalue weighted by atomic mass is 127. The Hall–Kier alpha value is -0.580. The molecule has 0 aliphatic heterocycles. The van der Waals surface area contributed by atoms with Crippen LogP contribution in [0.1, 0.15) is 5.56 Å². The zero-order valence-electron chi connectivity index (χ0n) is 5.80. The Morgan fingerprint density at radius 2 is 2.00 bits per heavy atom. The van der Waals surface area contributed by atoms with Gasteiger partial charge in [0.25, 0.3) is 0 Å². The Balaban J connectivity index is 2.58. The summed E-state index contributed by atoms with van der Waals surface area (Å²) in [7, 11) is 0. The molecule has 3 heteroatoms. The second-order valence-electron chi connectivity index (χ2n) is 2.08. The third-order valence-corrected chi connectivity index (χ3v) is 2.00. The predicted molar refractivity (Wildman–Crippen MR) is 51.7 cm³/mol. The molecular formula is C8H7INO. The molecule has 0 saturated heterocycles. The monoisotopic (exact) mass is 260 g/mol. The summed E-state index contributed by atoms with van der Waals surface area (Å²) in [5.41, 5.74) is 1.09. The molecule has 0 unspecified atom stereocenters. The summed E-state index contributed by atoms with van der Waals surface area (Å²) < 4.78 is 1.20. The molecule has 11 heavy (non-hydrogen) atoms. The Labute approximate surface area is 79.1 Å². The van der Waals surface area contributed by atoms with Crippen LogP contribution < -0.4 is 5.32 Å². The quantitative estimate of drug-likeness (QED) is 0.646. The fraction of sp³-hybridized carbons (Fsp3) is 0.125. The second kappa shape index (κ2) is 4.33. The van der Waals surface area contributed by atoms with E-state index < -0.39 is 0 Å². The zero-order valence-corrected chi connectivity index (χ0v) is 7.96. The van der Waals surface area contributed by atoms with E-state index in [2.05, 4.69) is 27.9 Å². The summed E-state index contributed by atoms with van der Waals surface area (Å²) in [6.45, 7) is 0.556. The number of hydrogen-bond donors (Lipinski definition) is 1. The van der Waals surface area contributed by atoms with Crippen molar-refractivity contribution in [1.29, 1.82) is 0 Å². The fourth-order valence-electron chi connectivity index (χ4n) is 0.740. The van der Waals surface area contributed by atoms with Crippen LogP contribution in [0.2, 0.25) is 0 Å². The van der Waals surface area contributed by atoms with E-state index in [1.165, 1.54) is 3.57 Å². The standard InChI is InChI=1S/C8H7INO/c9-8-3-1-7(2-4-8)5-10-6-11/h1-4H,5H2,(H,10,11). The lowest BCUT2D eigenvalue weighted by Gasteiger charge is -1.97. The van der Waals surface area contributed by atoms with Gasteiger partial charge < -0.3 is 5.32 Å². The molecular weight excluding hydrogens is 253 g/mol. The highest BCUT2D eigenvalue weighted by Crippen LogP contribution is 2.05. The predicted octanol–water partition coefficient (Wildman–Crippen LogP) is 1.45. The molecule has 1 aromatic rings. The Morgan fingerprint density at radius 1 is 1.36 bits per heavy atom. The van der Waals surface area contributed by atoms with Crippen LogP contribution in [0.15, 0.2) is 24.3 Å². The molecule has 0 bridgehead atoms. The van der Waals surface area contributed by atoms with E-state index in [0.717, 1.165) is 5.56 Å². The maximum Gasteiger partial charge on any atom is 0.309 e. The van der Waals surface area contributed by atoms with Gasteiger partial charge in [0.1, 0.15) is 0 Å². The number of hydrogen-bond acceptors (Lipinski definition) is 1. The average molecular weight is 260 g/mol. The van der Waals surface area contributed by atoms with Gasteiger partial charge in [-0.15, -0.1) is 0 Å². The number of rotatable bonds is 3. The van der Waals surface area contributed by atoms with Crippen molar-refractivity contribution in [3.63, 3.8) is 0 Å². The van der Waals surface area contributed by atoms with Crippen molar-refractivity contribution in [1.82, 2.24) is 5.32 Å². The molecule has 0 spiro atoms. The van der Waals surface area contributed by atoms with E-state index in [4.69, 9.17) is 0 Å². The number of amides is 1. The summed E-state index contributed by atoms with van der Waals surface area (Å²) in [4.78, 5) is 9.81. The molecule has 1 N–H and O–H groups in total. The second-order valence-corrected chi connectivity index (χ2v) is 3.33. The molecule has 1 radical (unpaired) electrons. The third kappa shape index (κ3) is 2.88. The van der Waals surface area contributed by atoms with Crippen molar-refractivity contribution < 1.29 is 4.79 Å². The zero-order chi connectivity index (χ0) is 8.10. The first kappa shape index (κ1) is 8.52. The molecule has 1 amide bonds. The minimum Gasteiger partial charge on any atom is -0.344 e. The lowest BCUT2D eigenvalue weighted by molar-refractivity contribution is 0.542. The molecule has 0 aliphatic carbocycles. The summed E-state index contributed by atoms with van der Waals surface area (Å²) in [6, 6.07) is 7.96. The van der Waals surface area contributed by atoms with E-state index >= 15 is 0 Å². The van der Waals surface area contributed by atoms with Crippen molar-refractivity contribution in [2.45, 2.75) is 6.54 Å². The molecule has 0 fully saturated rings. The van der Waals surface area contributed by atoms with Crippen LogP contribution in [-0.4, -0.2) is 6.41 Å². The molecule has 57 valence electrons. The smallest absolute Gasteiger partial charge is 0.309 e. The summed E-state index contributed by atoms with van der Waals surface area (Å²) in [5.74, 6) is 0. The lowest BCUT2D eigenvalue weighted by Crippen LogP contribution is -2.09. The largest absolute Gasteiger partial charge is 0.344 e. The van der Waals surface area contributed by atoms with E-state index in [1.54, 1.807) is 6.41 Å². The van der Waals surface area contributed by atoms with Crippen molar-refractivity contribution in [3.05, 3.63) is 33.4 Å². The summed E-state index contributed by atoms with van der Waals surface area (Å²) >= 11 is 2.24. The Morgan fingerprint density at radius 3 is 2.55 bits per heavy atom. The van der Waals surface area contributed by atoms with Gasteiger partial charge in [0.2, 0.25) is 0 Å². The molecule has 0 aliphatic rings. The molecule has 0 atom stereocenters. The van der Waals surface area contributed by atoms with E-state index in [9.17, 15) is 4.79 Å². The van der Waals surface area contributed by atoms with E-state index in [1.807, 2.05) is 24.3 Å². The highest BCUT2D eigenvalue weighted by molar-refractivity contribution is 14.1. The molecule has 0 aromatic heterocycles. The van der Waals surface area contributed by atoms with Crippen LogP contribution in [0, 0.1) is 3.57 Å². The highest BCUT2D eigenvalue weighted by Gasteiger charge is 1.90. The van der Waals surface area contributed by atoms with Gasteiger partial charge in [-0.2, -0.15) is 0 Å². The van der Waals surface area contributed by atoms with Gasteiger partial charge in [-0.1, -0.05) is 12.1 Å². The minimum absolute atomic E-state index is 0.556. The number of halogens is 1.